The summed E-state index contributed by atoms with van der Waals surface area (Å²) in [5, 5.41) is 15.9. The fourth-order valence-corrected chi connectivity index (χ4v) is 4.19. The predicted molar refractivity (Wildman–Crippen MR) is 106 cm³/mol. The number of hydrogen-bond acceptors (Lipinski definition) is 3. The fraction of sp³-hybridized carbons (Fsp3) is 0.381. The van der Waals surface area contributed by atoms with Gasteiger partial charge >= 0.3 is 6.03 Å². The number of benzene rings is 2. The number of alkyl halides is 2. The molecule has 0 bridgehead atoms. The quantitative estimate of drug-likeness (QED) is 0.694. The summed E-state index contributed by atoms with van der Waals surface area (Å²) in [6, 6.07) is 9.16. The van der Waals surface area contributed by atoms with Crippen LogP contribution < -0.4 is 15.4 Å². The van der Waals surface area contributed by atoms with Gasteiger partial charge in [0.15, 0.2) is 5.60 Å². The molecule has 2 aromatic carbocycles. The van der Waals surface area contributed by atoms with Crippen molar-refractivity contribution in [1.82, 2.24) is 5.32 Å². The maximum Gasteiger partial charge on any atom is 0.319 e. The molecule has 0 aromatic heterocycles. The first kappa shape index (κ1) is 19.9. The Morgan fingerprint density at radius 2 is 2.03 bits per heavy atom. The van der Waals surface area contributed by atoms with Crippen molar-refractivity contribution in [3.05, 3.63) is 58.1 Å². The van der Waals surface area contributed by atoms with E-state index < -0.39 is 37.1 Å². The Bertz CT molecular complexity index is 936. The third-order valence-corrected chi connectivity index (χ3v) is 5.70. The van der Waals surface area contributed by atoms with Crippen LogP contribution in [-0.4, -0.2) is 36.2 Å². The van der Waals surface area contributed by atoms with Crippen molar-refractivity contribution in [3.63, 3.8) is 0 Å². The van der Waals surface area contributed by atoms with Gasteiger partial charge in [-0.3, -0.25) is 0 Å². The van der Waals surface area contributed by atoms with Gasteiger partial charge in [0.05, 0.1) is 12.1 Å². The van der Waals surface area contributed by atoms with E-state index in [0.717, 1.165) is 11.1 Å². The molecule has 2 amide bonds. The largest absolute Gasteiger partial charge is 0.481 e. The van der Waals surface area contributed by atoms with Crippen LogP contribution in [0.4, 0.5) is 19.3 Å². The molecule has 8 heteroatoms. The van der Waals surface area contributed by atoms with E-state index in [4.69, 9.17) is 16.3 Å². The van der Waals surface area contributed by atoms with E-state index in [-0.39, 0.29) is 12.2 Å². The molecular weight excluding hydrogens is 402 g/mol. The van der Waals surface area contributed by atoms with Crippen LogP contribution in [0, 0.1) is 0 Å². The zero-order chi connectivity index (χ0) is 20.6. The van der Waals surface area contributed by atoms with Crippen molar-refractivity contribution in [2.45, 2.75) is 37.0 Å². The van der Waals surface area contributed by atoms with Crippen molar-refractivity contribution in [2.24, 2.45) is 0 Å². The summed E-state index contributed by atoms with van der Waals surface area (Å²) < 4.78 is 32.8. The van der Waals surface area contributed by atoms with E-state index in [1.807, 2.05) is 12.1 Å². The summed E-state index contributed by atoms with van der Waals surface area (Å²) in [4.78, 5) is 12.7. The Hall–Kier alpha value is -2.38. The molecule has 0 unspecified atom stereocenters. The monoisotopic (exact) mass is 422 g/mol. The van der Waals surface area contributed by atoms with Gasteiger partial charge in [-0.05, 0) is 35.7 Å². The highest BCUT2D eigenvalue weighted by Gasteiger charge is 2.42. The van der Waals surface area contributed by atoms with Crippen LogP contribution in [0.2, 0.25) is 5.02 Å². The third kappa shape index (κ3) is 3.89. The second-order valence-electron chi connectivity index (χ2n) is 7.59. The molecule has 1 heterocycles. The molecule has 2 atom stereocenters. The normalized spacial score (nSPS) is 21.7. The minimum Gasteiger partial charge on any atom is -0.481 e. The Morgan fingerprint density at radius 1 is 1.24 bits per heavy atom. The van der Waals surface area contributed by atoms with Gasteiger partial charge in [0.25, 0.3) is 0 Å². The summed E-state index contributed by atoms with van der Waals surface area (Å²) >= 11 is 6.00. The molecule has 1 aliphatic carbocycles. The molecule has 0 fully saturated rings. The number of halogens is 3. The number of urea groups is 1. The molecule has 0 spiro atoms. The topological polar surface area (TPSA) is 70.6 Å². The SMILES string of the molecule is O=C(Nc1cccc2c1C[C@H](O)C2)N[C@@H]1CC(CF)(CF)Oc2cc(Cl)ccc21. The minimum atomic E-state index is -1.66. The zero-order valence-corrected chi connectivity index (χ0v) is 16.3. The molecular formula is C21H21ClF2N2O3. The lowest BCUT2D eigenvalue weighted by Gasteiger charge is -2.39. The third-order valence-electron chi connectivity index (χ3n) is 5.46. The van der Waals surface area contributed by atoms with Crippen LogP contribution in [0.15, 0.2) is 36.4 Å². The summed E-state index contributed by atoms with van der Waals surface area (Å²) in [7, 11) is 0. The number of hydrogen-bond donors (Lipinski definition) is 3. The van der Waals surface area contributed by atoms with Gasteiger partial charge in [0.2, 0.25) is 0 Å². The molecule has 5 nitrogen and oxygen atoms in total. The highest BCUT2D eigenvalue weighted by Crippen LogP contribution is 2.41. The van der Waals surface area contributed by atoms with Crippen LogP contribution >= 0.6 is 11.6 Å². The number of aliphatic hydroxyl groups excluding tert-OH is 1. The van der Waals surface area contributed by atoms with Gasteiger partial charge in [-0.2, -0.15) is 0 Å². The number of carbonyl (C=O) groups excluding carboxylic acids is 1. The van der Waals surface area contributed by atoms with Gasteiger partial charge in [-0.1, -0.05) is 29.8 Å². The van der Waals surface area contributed by atoms with Crippen LogP contribution in [0.1, 0.15) is 29.2 Å². The lowest BCUT2D eigenvalue weighted by atomic mass is 9.88. The van der Waals surface area contributed by atoms with E-state index in [9.17, 15) is 18.7 Å². The zero-order valence-electron chi connectivity index (χ0n) is 15.6. The standard InChI is InChI=1S/C21H21ClF2N2O3/c22-13-4-5-15-18(9-21(10-23,11-24)29-19(15)7-13)26-20(28)25-17-3-1-2-12-6-14(27)8-16(12)17/h1-5,7,14,18,27H,6,8-11H2,(H2,25,26,28)/t14-,18-/m1/s1. The number of fused-ring (bicyclic) bond motifs is 2. The Balaban J connectivity index is 1.56. The number of ether oxygens (including phenoxy) is 1. The van der Waals surface area contributed by atoms with Gasteiger partial charge in [0.1, 0.15) is 19.1 Å². The maximum absolute atomic E-state index is 13.6. The van der Waals surface area contributed by atoms with E-state index in [0.29, 0.717) is 29.1 Å². The number of amides is 2. The Kier molecular flexibility index (Phi) is 5.36. The average molecular weight is 423 g/mol. The van der Waals surface area contributed by atoms with Crippen molar-refractivity contribution < 1.29 is 23.4 Å². The van der Waals surface area contributed by atoms with Crippen molar-refractivity contribution in [1.29, 1.82) is 0 Å². The van der Waals surface area contributed by atoms with Crippen LogP contribution in [0.25, 0.3) is 0 Å². The number of nitrogens with one attached hydrogen (secondary N) is 2. The van der Waals surface area contributed by atoms with E-state index >= 15 is 0 Å². The molecule has 0 radical (unpaired) electrons. The van der Waals surface area contributed by atoms with E-state index in [1.165, 1.54) is 6.07 Å². The van der Waals surface area contributed by atoms with Gasteiger partial charge in [-0.15, -0.1) is 0 Å². The number of carbonyl (C=O) groups is 1. The Morgan fingerprint density at radius 3 is 2.79 bits per heavy atom. The Labute approximate surface area is 172 Å². The molecule has 1 aliphatic heterocycles. The van der Waals surface area contributed by atoms with Crippen molar-refractivity contribution in [3.8, 4) is 5.75 Å². The first-order valence-electron chi connectivity index (χ1n) is 9.40. The second-order valence-corrected chi connectivity index (χ2v) is 8.03. The lowest BCUT2D eigenvalue weighted by Crippen LogP contribution is -2.49. The highest BCUT2D eigenvalue weighted by molar-refractivity contribution is 6.30. The van der Waals surface area contributed by atoms with Gasteiger partial charge in [-0.25, -0.2) is 13.6 Å². The molecule has 2 aromatic rings. The van der Waals surface area contributed by atoms with Crippen LogP contribution in [-0.2, 0) is 12.8 Å². The summed E-state index contributed by atoms with van der Waals surface area (Å²) in [6.45, 7) is -2.06. The smallest absolute Gasteiger partial charge is 0.319 e. The molecule has 2 aliphatic rings. The summed E-state index contributed by atoms with van der Waals surface area (Å²) in [6.07, 6.45) is 0.513. The van der Waals surface area contributed by atoms with Crippen LogP contribution in [0.5, 0.6) is 5.75 Å². The maximum atomic E-state index is 13.6. The lowest BCUT2D eigenvalue weighted by molar-refractivity contribution is -0.0104. The first-order chi connectivity index (χ1) is 13.9. The first-order valence-corrected chi connectivity index (χ1v) is 9.77. The van der Waals surface area contributed by atoms with Gasteiger partial charge in [0, 0.05) is 29.1 Å². The van der Waals surface area contributed by atoms with Crippen molar-refractivity contribution in [2.75, 3.05) is 18.7 Å². The number of rotatable bonds is 4. The van der Waals surface area contributed by atoms with E-state index in [1.54, 1.807) is 18.2 Å². The van der Waals surface area contributed by atoms with Crippen molar-refractivity contribution >= 4 is 23.3 Å². The predicted octanol–water partition coefficient (Wildman–Crippen LogP) is 4.12. The van der Waals surface area contributed by atoms with Gasteiger partial charge < -0.3 is 20.5 Å². The summed E-state index contributed by atoms with van der Waals surface area (Å²) in [5.74, 6) is 0.257. The second kappa shape index (κ2) is 7.80. The molecule has 154 valence electrons. The molecule has 0 saturated carbocycles. The average Bonchev–Trinajstić information content (AvgIpc) is 3.08. The van der Waals surface area contributed by atoms with Crippen LogP contribution in [0.3, 0.4) is 0 Å². The molecule has 3 N–H and O–H groups in total. The molecule has 4 rings (SSSR count). The number of aliphatic hydroxyl groups is 1. The molecule has 0 saturated heterocycles. The highest BCUT2D eigenvalue weighted by atomic mass is 35.5. The fourth-order valence-electron chi connectivity index (χ4n) is 4.03. The molecule has 29 heavy (non-hydrogen) atoms. The minimum absolute atomic E-state index is 0.0480. The number of anilines is 1. The van der Waals surface area contributed by atoms with E-state index in [2.05, 4.69) is 10.6 Å². The summed E-state index contributed by atoms with van der Waals surface area (Å²) in [5.41, 5.74) is 1.46.